The van der Waals surface area contributed by atoms with Crippen LogP contribution in [0.4, 0.5) is 0 Å². The van der Waals surface area contributed by atoms with E-state index in [1.165, 1.54) is 0 Å². The van der Waals surface area contributed by atoms with Crippen molar-refractivity contribution in [3.63, 3.8) is 0 Å². The molecular weight excluding hydrogens is 214 g/mol. The topological polar surface area (TPSA) is 38.3 Å². The van der Waals surface area contributed by atoms with E-state index < -0.39 is 6.10 Å². The lowest BCUT2D eigenvalue weighted by Crippen LogP contribution is -2.36. The molecule has 1 rings (SSSR count). The van der Waals surface area contributed by atoms with Crippen LogP contribution in [0.2, 0.25) is 0 Å². The molecule has 1 N–H and O–H groups in total. The van der Waals surface area contributed by atoms with E-state index in [2.05, 4.69) is 12.2 Å². The van der Waals surface area contributed by atoms with E-state index in [9.17, 15) is 4.79 Å². The molecule has 1 aromatic rings. The molecule has 3 nitrogen and oxygen atoms in total. The van der Waals surface area contributed by atoms with Crippen LogP contribution in [0.1, 0.15) is 38.3 Å². The minimum Gasteiger partial charge on any atom is -0.372 e. The molecule has 0 spiro atoms. The fraction of sp³-hybridized carbons (Fsp3) is 0.500. The number of carbonyl (C=O) groups excluding carboxylic acids is 1. The van der Waals surface area contributed by atoms with Gasteiger partial charge >= 0.3 is 0 Å². The zero-order valence-corrected chi connectivity index (χ0v) is 10.8. The minimum atomic E-state index is -0.405. The predicted molar refractivity (Wildman–Crippen MR) is 68.7 cm³/mol. The molecular formula is C14H21NO2. The third-order valence-corrected chi connectivity index (χ3v) is 2.82. The van der Waals surface area contributed by atoms with Gasteiger partial charge in [-0.3, -0.25) is 4.79 Å². The van der Waals surface area contributed by atoms with E-state index >= 15 is 0 Å². The van der Waals surface area contributed by atoms with Gasteiger partial charge in [0.05, 0.1) is 6.04 Å². The van der Waals surface area contributed by atoms with Crippen LogP contribution in [0.15, 0.2) is 30.3 Å². The number of ether oxygens (including phenoxy) is 1. The smallest absolute Gasteiger partial charge is 0.249 e. The average molecular weight is 235 g/mol. The van der Waals surface area contributed by atoms with Crippen molar-refractivity contribution in [2.45, 2.75) is 38.8 Å². The predicted octanol–water partition coefficient (Wildman–Crippen LogP) is 2.68. The second-order valence-corrected chi connectivity index (χ2v) is 4.14. The second kappa shape index (κ2) is 7.07. The van der Waals surface area contributed by atoms with E-state index in [1.807, 2.05) is 30.3 Å². The van der Waals surface area contributed by atoms with Crippen molar-refractivity contribution in [2.75, 3.05) is 7.11 Å². The van der Waals surface area contributed by atoms with Crippen LogP contribution in [0.25, 0.3) is 0 Å². The highest BCUT2D eigenvalue weighted by Crippen LogP contribution is 2.18. The van der Waals surface area contributed by atoms with Gasteiger partial charge in [-0.2, -0.15) is 0 Å². The van der Waals surface area contributed by atoms with Crippen LogP contribution in [0.5, 0.6) is 0 Å². The number of hydrogen-bond donors (Lipinski definition) is 1. The molecule has 3 heteroatoms. The maximum absolute atomic E-state index is 11.8. The number of hydrogen-bond acceptors (Lipinski definition) is 2. The first-order valence-electron chi connectivity index (χ1n) is 6.07. The van der Waals surface area contributed by atoms with Crippen LogP contribution >= 0.6 is 0 Å². The summed E-state index contributed by atoms with van der Waals surface area (Å²) in [4.78, 5) is 11.8. The van der Waals surface area contributed by atoms with Crippen molar-refractivity contribution in [2.24, 2.45) is 0 Å². The van der Waals surface area contributed by atoms with Crippen molar-refractivity contribution in [3.05, 3.63) is 35.9 Å². The fourth-order valence-electron chi connectivity index (χ4n) is 1.69. The molecule has 0 aliphatic heterocycles. The molecule has 0 saturated carbocycles. The molecule has 1 amide bonds. The number of nitrogens with one attached hydrogen (secondary N) is 1. The third kappa shape index (κ3) is 4.19. The van der Waals surface area contributed by atoms with Crippen molar-refractivity contribution in [1.29, 1.82) is 0 Å². The van der Waals surface area contributed by atoms with Crippen LogP contribution in [0, 0.1) is 0 Å². The Hall–Kier alpha value is -1.35. The Bertz CT molecular complexity index is 337. The zero-order valence-electron chi connectivity index (χ0n) is 10.8. The summed E-state index contributed by atoms with van der Waals surface area (Å²) in [6.07, 6.45) is 1.56. The summed E-state index contributed by atoms with van der Waals surface area (Å²) in [5, 5.41) is 3.02. The molecule has 1 aromatic carbocycles. The Kier molecular flexibility index (Phi) is 5.70. The van der Waals surface area contributed by atoms with Crippen LogP contribution in [-0.4, -0.2) is 19.1 Å². The SMILES string of the molecule is CCCC(NC(=O)C(C)OC)c1ccccc1. The first-order valence-corrected chi connectivity index (χ1v) is 6.07. The normalized spacial score (nSPS) is 14.1. The first kappa shape index (κ1) is 13.7. The quantitative estimate of drug-likeness (QED) is 0.823. The van der Waals surface area contributed by atoms with E-state index in [4.69, 9.17) is 4.74 Å². The Morgan fingerprint density at radius 3 is 2.53 bits per heavy atom. The van der Waals surface area contributed by atoms with Gasteiger partial charge in [0, 0.05) is 7.11 Å². The molecule has 2 unspecified atom stereocenters. The highest BCUT2D eigenvalue weighted by molar-refractivity contribution is 5.80. The molecule has 94 valence electrons. The van der Waals surface area contributed by atoms with Gasteiger partial charge in [0.1, 0.15) is 6.10 Å². The molecule has 0 heterocycles. The minimum absolute atomic E-state index is 0.0604. The molecule has 0 bridgehead atoms. The van der Waals surface area contributed by atoms with Gasteiger partial charge in [0.15, 0.2) is 0 Å². The lowest BCUT2D eigenvalue weighted by atomic mass is 10.0. The monoisotopic (exact) mass is 235 g/mol. The van der Waals surface area contributed by atoms with Crippen LogP contribution in [-0.2, 0) is 9.53 Å². The molecule has 17 heavy (non-hydrogen) atoms. The maximum atomic E-state index is 11.8. The number of amides is 1. The summed E-state index contributed by atoms with van der Waals surface area (Å²) in [7, 11) is 1.54. The summed E-state index contributed by atoms with van der Waals surface area (Å²) in [5.41, 5.74) is 1.14. The van der Waals surface area contributed by atoms with E-state index in [-0.39, 0.29) is 11.9 Å². The molecule has 0 aromatic heterocycles. The highest BCUT2D eigenvalue weighted by atomic mass is 16.5. The van der Waals surface area contributed by atoms with Gasteiger partial charge in [0.2, 0.25) is 5.91 Å². The second-order valence-electron chi connectivity index (χ2n) is 4.14. The molecule has 0 aliphatic carbocycles. The van der Waals surface area contributed by atoms with Crippen molar-refractivity contribution >= 4 is 5.91 Å². The van der Waals surface area contributed by atoms with Gasteiger partial charge in [-0.05, 0) is 18.9 Å². The zero-order chi connectivity index (χ0) is 12.7. The van der Waals surface area contributed by atoms with Gasteiger partial charge in [-0.15, -0.1) is 0 Å². The standard InChI is InChI=1S/C14H21NO2/c1-4-8-13(12-9-6-5-7-10-12)15-14(16)11(2)17-3/h5-7,9-11,13H,4,8H2,1-3H3,(H,15,16). The van der Waals surface area contributed by atoms with Gasteiger partial charge < -0.3 is 10.1 Å². The van der Waals surface area contributed by atoms with Gasteiger partial charge in [-0.1, -0.05) is 43.7 Å². The van der Waals surface area contributed by atoms with Crippen LogP contribution in [0.3, 0.4) is 0 Å². The number of carbonyl (C=O) groups is 1. The summed E-state index contributed by atoms with van der Waals surface area (Å²) < 4.78 is 5.01. The van der Waals surface area contributed by atoms with Crippen molar-refractivity contribution in [1.82, 2.24) is 5.32 Å². The molecule has 0 radical (unpaired) electrons. The molecule has 2 atom stereocenters. The summed E-state index contributed by atoms with van der Waals surface area (Å²) >= 11 is 0. The van der Waals surface area contributed by atoms with E-state index in [1.54, 1.807) is 14.0 Å². The molecule has 0 saturated heterocycles. The Morgan fingerprint density at radius 2 is 2.00 bits per heavy atom. The van der Waals surface area contributed by atoms with Gasteiger partial charge in [0.25, 0.3) is 0 Å². The lowest BCUT2D eigenvalue weighted by Gasteiger charge is -2.20. The van der Waals surface area contributed by atoms with E-state index in [0.717, 1.165) is 18.4 Å². The highest BCUT2D eigenvalue weighted by Gasteiger charge is 2.17. The van der Waals surface area contributed by atoms with E-state index in [0.29, 0.717) is 0 Å². The fourth-order valence-corrected chi connectivity index (χ4v) is 1.69. The molecule has 0 fully saturated rings. The van der Waals surface area contributed by atoms with Crippen molar-refractivity contribution < 1.29 is 9.53 Å². The average Bonchev–Trinajstić information content (AvgIpc) is 2.38. The summed E-state index contributed by atoms with van der Waals surface area (Å²) in [6.45, 7) is 3.87. The van der Waals surface area contributed by atoms with Crippen LogP contribution < -0.4 is 5.32 Å². The summed E-state index contributed by atoms with van der Waals surface area (Å²) in [5.74, 6) is -0.0604. The first-order chi connectivity index (χ1) is 8.19. The largest absolute Gasteiger partial charge is 0.372 e. The summed E-state index contributed by atoms with van der Waals surface area (Å²) in [6, 6.07) is 10.1. The Labute approximate surface area is 103 Å². The number of rotatable bonds is 6. The Balaban J connectivity index is 2.70. The molecule has 0 aliphatic rings. The van der Waals surface area contributed by atoms with Gasteiger partial charge in [-0.25, -0.2) is 0 Å². The number of methoxy groups -OCH3 is 1. The number of benzene rings is 1. The van der Waals surface area contributed by atoms with Crippen molar-refractivity contribution in [3.8, 4) is 0 Å². The maximum Gasteiger partial charge on any atom is 0.249 e. The third-order valence-electron chi connectivity index (χ3n) is 2.82. The Morgan fingerprint density at radius 1 is 1.35 bits per heavy atom. The lowest BCUT2D eigenvalue weighted by molar-refractivity contribution is -0.130.